The van der Waals surface area contributed by atoms with E-state index >= 15 is 0 Å². The van der Waals surface area contributed by atoms with Crippen LogP contribution in [0, 0.1) is 29.1 Å². The SMILES string of the molecule is CCN1C[C@]2(OC(=O)c3ccccc3NC(C)=O)CC[C@H](OC)C34C1C(C[C@@H]32)[C@@]1(O)C[C@H](OC)[C@H]2C[C@@H]4[C@]1(O)[C@H]2OC.Cl. The number of nitrogens with zero attached hydrogens (tertiary/aromatic N) is 1. The summed E-state index contributed by atoms with van der Waals surface area (Å²) in [5.74, 6) is -1.54. The Balaban J connectivity index is 0.00000329. The standard InChI is InChI=1S/C32H44N2O8.ClH/c1-6-34-16-29(42-28(36)18-9-7-8-10-21(18)33-17(2)35)12-11-25(40-4)31-23(29)14-20(26(31)34)30(37)15-22(39-3)19-13-24(31)32(30,38)27(19)41-5;/h7-10,19-20,22-27,37-38H,6,11-16H2,1-5H3,(H,33,35);1H/t19-,20?,22+,23-,24+,25+,26?,27+,29-,30+,31?,32+;/m1./s1. The number of methoxy groups -OCH3 is 3. The fourth-order valence-corrected chi connectivity index (χ4v) is 11.6. The van der Waals surface area contributed by atoms with Crippen molar-refractivity contribution in [2.75, 3.05) is 39.7 Å². The molecular formula is C32H45ClN2O8. The molecule has 6 fully saturated rings. The number of para-hydroxylation sites is 1. The first-order chi connectivity index (χ1) is 20.1. The van der Waals surface area contributed by atoms with Crippen molar-refractivity contribution < 1.29 is 38.7 Å². The number of likely N-dealkylation sites (N-methyl/N-ethyl adjacent to an activating group) is 1. The van der Waals surface area contributed by atoms with Crippen LogP contribution < -0.4 is 5.32 Å². The number of fused-ring (bicyclic) bond motifs is 2. The summed E-state index contributed by atoms with van der Waals surface area (Å²) in [4.78, 5) is 28.3. The van der Waals surface area contributed by atoms with Gasteiger partial charge in [0.2, 0.25) is 5.91 Å². The van der Waals surface area contributed by atoms with Gasteiger partial charge in [0.05, 0.1) is 29.6 Å². The number of halogens is 1. The monoisotopic (exact) mass is 620 g/mol. The fraction of sp³-hybridized carbons (Fsp3) is 0.750. The summed E-state index contributed by atoms with van der Waals surface area (Å²) in [5.41, 5.74) is -3.57. The molecule has 3 unspecified atom stereocenters. The van der Waals surface area contributed by atoms with E-state index in [2.05, 4.69) is 17.1 Å². The third kappa shape index (κ3) is 3.63. The van der Waals surface area contributed by atoms with Crippen molar-refractivity contribution in [2.24, 2.45) is 29.1 Å². The Morgan fingerprint density at radius 1 is 1.07 bits per heavy atom. The summed E-state index contributed by atoms with van der Waals surface area (Å²) in [6.07, 6.45) is 1.91. The van der Waals surface area contributed by atoms with Gasteiger partial charge in [-0.2, -0.15) is 0 Å². The highest BCUT2D eigenvalue weighted by molar-refractivity contribution is 6.00. The largest absolute Gasteiger partial charge is 0.454 e. The zero-order chi connectivity index (χ0) is 29.8. The maximum Gasteiger partial charge on any atom is 0.340 e. The highest BCUT2D eigenvalue weighted by atomic mass is 35.5. The van der Waals surface area contributed by atoms with Gasteiger partial charge in [-0.1, -0.05) is 19.1 Å². The molecule has 3 N–H and O–H groups in total. The smallest absolute Gasteiger partial charge is 0.340 e. The Bertz CT molecular complexity index is 1300. The number of amides is 1. The van der Waals surface area contributed by atoms with Crippen LogP contribution in [0.3, 0.4) is 0 Å². The normalized spacial score (nSPS) is 47.0. The molecule has 1 amide bonds. The lowest BCUT2D eigenvalue weighted by Gasteiger charge is -2.70. The quantitative estimate of drug-likeness (QED) is 0.394. The molecule has 43 heavy (non-hydrogen) atoms. The molecule has 238 valence electrons. The number of rotatable bonds is 7. The molecule has 1 spiro atoms. The van der Waals surface area contributed by atoms with Crippen LogP contribution >= 0.6 is 12.4 Å². The summed E-state index contributed by atoms with van der Waals surface area (Å²) in [6, 6.07) is 6.89. The van der Waals surface area contributed by atoms with Crippen LogP contribution in [-0.4, -0.2) is 103 Å². The number of likely N-dealkylation sites (tertiary alicyclic amines) is 1. The zero-order valence-electron chi connectivity index (χ0n) is 25.6. The molecule has 0 aromatic heterocycles. The maximum absolute atomic E-state index is 14.0. The topological polar surface area (TPSA) is 127 Å². The van der Waals surface area contributed by atoms with Crippen molar-refractivity contribution in [3.8, 4) is 0 Å². The van der Waals surface area contributed by atoms with E-state index in [9.17, 15) is 19.8 Å². The van der Waals surface area contributed by atoms with E-state index in [0.717, 1.165) is 0 Å². The van der Waals surface area contributed by atoms with Crippen molar-refractivity contribution in [3.63, 3.8) is 0 Å². The van der Waals surface area contributed by atoms with Crippen LogP contribution in [0.2, 0.25) is 0 Å². The van der Waals surface area contributed by atoms with Gasteiger partial charge in [0.1, 0.15) is 16.8 Å². The molecule has 10 nitrogen and oxygen atoms in total. The van der Waals surface area contributed by atoms with E-state index < -0.39 is 34.3 Å². The van der Waals surface area contributed by atoms with Crippen LogP contribution in [0.15, 0.2) is 24.3 Å². The number of anilines is 1. The Hall–Kier alpha value is -1.79. The number of carbonyl (C=O) groups excluding carboxylic acids is 2. The number of carbonyl (C=O) groups is 2. The highest BCUT2D eigenvalue weighted by Crippen LogP contribution is 2.79. The third-order valence-corrected chi connectivity index (χ3v) is 12.6. The summed E-state index contributed by atoms with van der Waals surface area (Å²) >= 11 is 0. The van der Waals surface area contributed by atoms with Crippen LogP contribution in [0.4, 0.5) is 5.69 Å². The second-order valence-corrected chi connectivity index (χ2v) is 13.7. The molecule has 11 heteroatoms. The minimum Gasteiger partial charge on any atom is -0.454 e. The number of nitrogens with one attached hydrogen (secondary N) is 1. The van der Waals surface area contributed by atoms with Crippen LogP contribution in [-0.2, 0) is 23.7 Å². The van der Waals surface area contributed by atoms with E-state index in [1.807, 2.05) is 0 Å². The van der Waals surface area contributed by atoms with Gasteiger partial charge in [-0.3, -0.25) is 9.69 Å². The van der Waals surface area contributed by atoms with Gasteiger partial charge < -0.3 is 34.5 Å². The molecular weight excluding hydrogens is 576 g/mol. The molecule has 1 aromatic rings. The van der Waals surface area contributed by atoms with Crippen LogP contribution in [0.1, 0.15) is 56.3 Å². The van der Waals surface area contributed by atoms with E-state index in [1.165, 1.54) is 6.92 Å². The third-order valence-electron chi connectivity index (χ3n) is 12.6. The van der Waals surface area contributed by atoms with Gasteiger partial charge in [0.25, 0.3) is 0 Å². The predicted molar refractivity (Wildman–Crippen MR) is 159 cm³/mol. The van der Waals surface area contributed by atoms with Crippen LogP contribution in [0.5, 0.6) is 0 Å². The minimum atomic E-state index is -1.48. The van der Waals surface area contributed by atoms with Gasteiger partial charge >= 0.3 is 5.97 Å². The minimum absolute atomic E-state index is 0. The molecule has 1 aromatic carbocycles. The number of hydrogen-bond acceptors (Lipinski definition) is 9. The zero-order valence-corrected chi connectivity index (χ0v) is 26.4. The summed E-state index contributed by atoms with van der Waals surface area (Å²) in [7, 11) is 5.05. The number of ether oxygens (including phenoxy) is 4. The first-order valence-corrected chi connectivity index (χ1v) is 15.4. The average Bonchev–Trinajstić information content (AvgIpc) is 3.39. The van der Waals surface area contributed by atoms with Gasteiger partial charge in [0.15, 0.2) is 0 Å². The van der Waals surface area contributed by atoms with Crippen molar-refractivity contribution >= 4 is 30.0 Å². The lowest BCUT2D eigenvalue weighted by Crippen LogP contribution is -2.83. The molecule has 0 radical (unpaired) electrons. The van der Waals surface area contributed by atoms with Gasteiger partial charge in [-0.15, -0.1) is 12.4 Å². The molecule has 6 aliphatic rings. The maximum atomic E-state index is 14.0. The highest BCUT2D eigenvalue weighted by Gasteiger charge is 2.89. The number of piperidine rings is 1. The summed E-state index contributed by atoms with van der Waals surface area (Å²) in [6.45, 7) is 4.79. The summed E-state index contributed by atoms with van der Waals surface area (Å²) < 4.78 is 25.1. The van der Waals surface area contributed by atoms with Crippen molar-refractivity contribution in [1.82, 2.24) is 4.90 Å². The van der Waals surface area contributed by atoms with Gasteiger partial charge in [-0.05, 0) is 44.4 Å². The second kappa shape index (κ2) is 10.4. The Morgan fingerprint density at radius 3 is 2.47 bits per heavy atom. The van der Waals surface area contributed by atoms with E-state index in [0.29, 0.717) is 56.4 Å². The van der Waals surface area contributed by atoms with Crippen LogP contribution in [0.25, 0.3) is 0 Å². The molecule has 7 rings (SSSR count). The van der Waals surface area contributed by atoms with Gasteiger partial charge in [-0.25, -0.2) is 4.79 Å². The lowest BCUT2D eigenvalue weighted by atomic mass is 9.44. The Morgan fingerprint density at radius 2 is 1.81 bits per heavy atom. The number of aliphatic hydroxyl groups is 2. The van der Waals surface area contributed by atoms with Crippen molar-refractivity contribution in [3.05, 3.63) is 29.8 Å². The number of esters is 1. The molecule has 7 bridgehead atoms. The van der Waals surface area contributed by atoms with Gasteiger partial charge in [0, 0.05) is 76.3 Å². The Kier molecular flexibility index (Phi) is 7.53. The predicted octanol–water partition coefficient (Wildman–Crippen LogP) is 2.64. The summed E-state index contributed by atoms with van der Waals surface area (Å²) in [5, 5.41) is 28.4. The first kappa shape index (κ1) is 31.2. The molecule has 12 atom stereocenters. The second-order valence-electron chi connectivity index (χ2n) is 13.7. The van der Waals surface area contributed by atoms with E-state index in [4.69, 9.17) is 18.9 Å². The lowest BCUT2D eigenvalue weighted by molar-refractivity contribution is -0.337. The Labute approximate surface area is 259 Å². The molecule has 1 aliphatic heterocycles. The molecule has 1 saturated heterocycles. The first-order valence-electron chi connectivity index (χ1n) is 15.4. The fourth-order valence-electron chi connectivity index (χ4n) is 11.6. The van der Waals surface area contributed by atoms with Crippen molar-refractivity contribution in [1.29, 1.82) is 0 Å². The van der Waals surface area contributed by atoms with E-state index in [-0.39, 0.29) is 60.2 Å². The molecule has 1 heterocycles. The molecule has 5 aliphatic carbocycles. The van der Waals surface area contributed by atoms with E-state index in [1.54, 1.807) is 45.6 Å². The number of benzene rings is 1. The number of hydrogen-bond donors (Lipinski definition) is 3. The average molecular weight is 621 g/mol. The molecule has 5 saturated carbocycles. The van der Waals surface area contributed by atoms with Crippen molar-refractivity contribution in [2.45, 2.75) is 87.1 Å².